The van der Waals surface area contributed by atoms with Crippen LogP contribution in [0.25, 0.3) is 0 Å². The van der Waals surface area contributed by atoms with Crippen LogP contribution in [0.2, 0.25) is 0 Å². The van der Waals surface area contributed by atoms with Crippen molar-refractivity contribution in [2.45, 2.75) is 24.8 Å². The molecule has 0 bridgehead atoms. The number of sulfonamides is 1. The molecule has 1 atom stereocenters. The minimum atomic E-state index is -4.28. The molecule has 6 nitrogen and oxygen atoms in total. The molecule has 1 rings (SSSR count). The zero-order valence-corrected chi connectivity index (χ0v) is 12.2. The van der Waals surface area contributed by atoms with Crippen molar-refractivity contribution in [1.82, 2.24) is 0 Å². The summed E-state index contributed by atoms with van der Waals surface area (Å²) in [4.78, 5) is 11.0. The number of carbonyl (C=O) groups is 1. The van der Waals surface area contributed by atoms with E-state index in [0.717, 1.165) is 0 Å². The standard InChI is InChI=1S/C12H15F2NO5S/c1-3-19-6-7(2)20-12(16)9-4-8(21(15,17)18)5-10(13)11(9)14/h4-5,7H,3,6H2,1-2H3,(H2,15,17,18). The third kappa shape index (κ3) is 4.73. The van der Waals surface area contributed by atoms with Gasteiger partial charge in [-0.1, -0.05) is 0 Å². The summed E-state index contributed by atoms with van der Waals surface area (Å²) in [6, 6.07) is 1.02. The van der Waals surface area contributed by atoms with Crippen LogP contribution in [0.1, 0.15) is 24.2 Å². The number of benzene rings is 1. The predicted molar refractivity (Wildman–Crippen MR) is 69.1 cm³/mol. The molecule has 0 radical (unpaired) electrons. The Bertz CT molecular complexity index is 633. The Morgan fingerprint density at radius 1 is 1.38 bits per heavy atom. The SMILES string of the molecule is CCOCC(C)OC(=O)c1cc(S(N)(=O)=O)cc(F)c1F. The monoisotopic (exact) mass is 323 g/mol. The van der Waals surface area contributed by atoms with Gasteiger partial charge in [0.25, 0.3) is 0 Å². The van der Waals surface area contributed by atoms with E-state index in [9.17, 15) is 22.0 Å². The molecule has 0 spiro atoms. The lowest BCUT2D eigenvalue weighted by Gasteiger charge is -2.14. The van der Waals surface area contributed by atoms with Crippen LogP contribution in [0.15, 0.2) is 17.0 Å². The molecule has 9 heteroatoms. The molecular weight excluding hydrogens is 308 g/mol. The van der Waals surface area contributed by atoms with Gasteiger partial charge in [0, 0.05) is 6.61 Å². The fourth-order valence-corrected chi connectivity index (χ4v) is 1.99. The highest BCUT2D eigenvalue weighted by Gasteiger charge is 2.23. The summed E-state index contributed by atoms with van der Waals surface area (Å²) in [5.41, 5.74) is -0.845. The van der Waals surface area contributed by atoms with Crippen LogP contribution in [0, 0.1) is 11.6 Å². The molecule has 0 saturated heterocycles. The van der Waals surface area contributed by atoms with E-state index in [-0.39, 0.29) is 6.61 Å². The Kier molecular flexibility index (Phi) is 5.76. The van der Waals surface area contributed by atoms with E-state index in [2.05, 4.69) is 0 Å². The van der Waals surface area contributed by atoms with Crippen molar-refractivity contribution in [1.29, 1.82) is 0 Å². The first-order valence-corrected chi connectivity index (χ1v) is 7.52. The highest BCUT2D eigenvalue weighted by atomic mass is 32.2. The van der Waals surface area contributed by atoms with Crippen molar-refractivity contribution in [3.8, 4) is 0 Å². The first kappa shape index (κ1) is 17.5. The van der Waals surface area contributed by atoms with Gasteiger partial charge in [-0.3, -0.25) is 0 Å². The Labute approximate surface area is 120 Å². The fraction of sp³-hybridized carbons (Fsp3) is 0.417. The molecule has 0 aliphatic rings. The molecule has 0 heterocycles. The second-order valence-corrected chi connectivity index (χ2v) is 5.75. The van der Waals surface area contributed by atoms with Gasteiger partial charge >= 0.3 is 5.97 Å². The summed E-state index contributed by atoms with van der Waals surface area (Å²) in [6.07, 6.45) is -0.710. The van der Waals surface area contributed by atoms with Gasteiger partial charge in [0.05, 0.1) is 17.1 Å². The average Bonchev–Trinajstić information content (AvgIpc) is 2.37. The number of nitrogens with two attached hydrogens (primary N) is 1. The van der Waals surface area contributed by atoms with E-state index in [1.54, 1.807) is 6.92 Å². The van der Waals surface area contributed by atoms with Crippen molar-refractivity contribution in [3.63, 3.8) is 0 Å². The number of halogens is 2. The fourth-order valence-electron chi connectivity index (χ4n) is 1.44. The maximum Gasteiger partial charge on any atom is 0.341 e. The summed E-state index contributed by atoms with van der Waals surface area (Å²) >= 11 is 0. The molecule has 1 aromatic rings. The summed E-state index contributed by atoms with van der Waals surface area (Å²) in [5.74, 6) is -4.22. The number of hydrogen-bond acceptors (Lipinski definition) is 5. The summed E-state index contributed by atoms with van der Waals surface area (Å²) in [5, 5.41) is 4.82. The third-order valence-corrected chi connectivity index (χ3v) is 3.31. The second kappa shape index (κ2) is 6.92. The maximum atomic E-state index is 13.6. The summed E-state index contributed by atoms with van der Waals surface area (Å²) in [6.45, 7) is 3.69. The molecule has 0 aromatic heterocycles. The van der Waals surface area contributed by atoms with Gasteiger partial charge in [0.15, 0.2) is 11.6 Å². The largest absolute Gasteiger partial charge is 0.457 e. The molecule has 0 amide bonds. The van der Waals surface area contributed by atoms with Gasteiger partial charge in [-0.25, -0.2) is 27.1 Å². The molecule has 118 valence electrons. The lowest BCUT2D eigenvalue weighted by atomic mass is 10.2. The minimum absolute atomic E-state index is 0.0707. The summed E-state index contributed by atoms with van der Waals surface area (Å²) in [7, 11) is -4.28. The van der Waals surface area contributed by atoms with Gasteiger partial charge in [-0.2, -0.15) is 0 Å². The minimum Gasteiger partial charge on any atom is -0.457 e. The van der Waals surface area contributed by atoms with E-state index < -0.39 is 44.2 Å². The van der Waals surface area contributed by atoms with Crippen LogP contribution in [0.5, 0.6) is 0 Å². The number of primary sulfonamides is 1. The molecule has 1 unspecified atom stereocenters. The normalized spacial score (nSPS) is 13.0. The maximum absolute atomic E-state index is 13.6. The zero-order chi connectivity index (χ0) is 16.2. The van der Waals surface area contributed by atoms with Gasteiger partial charge in [-0.15, -0.1) is 0 Å². The number of carbonyl (C=O) groups excluding carboxylic acids is 1. The molecule has 0 aliphatic heterocycles. The molecule has 1 aromatic carbocycles. The first-order valence-electron chi connectivity index (χ1n) is 5.97. The van der Waals surface area contributed by atoms with Gasteiger partial charge in [0.1, 0.15) is 6.10 Å². The van der Waals surface area contributed by atoms with Crippen LogP contribution in [-0.4, -0.2) is 33.7 Å². The van der Waals surface area contributed by atoms with Crippen molar-refractivity contribution in [2.24, 2.45) is 5.14 Å². The Morgan fingerprint density at radius 3 is 2.52 bits per heavy atom. The van der Waals surface area contributed by atoms with Gasteiger partial charge < -0.3 is 9.47 Å². The Balaban J connectivity index is 3.06. The van der Waals surface area contributed by atoms with Gasteiger partial charge in [0.2, 0.25) is 10.0 Å². The van der Waals surface area contributed by atoms with Crippen molar-refractivity contribution in [2.75, 3.05) is 13.2 Å². The van der Waals surface area contributed by atoms with Crippen LogP contribution in [-0.2, 0) is 19.5 Å². The third-order valence-electron chi connectivity index (χ3n) is 2.42. The second-order valence-electron chi connectivity index (χ2n) is 4.19. The molecule has 0 fully saturated rings. The first-order chi connectivity index (χ1) is 9.66. The number of hydrogen-bond donors (Lipinski definition) is 1. The van der Waals surface area contributed by atoms with Gasteiger partial charge in [-0.05, 0) is 26.0 Å². The highest BCUT2D eigenvalue weighted by molar-refractivity contribution is 7.89. The quantitative estimate of drug-likeness (QED) is 0.794. The van der Waals surface area contributed by atoms with Crippen LogP contribution < -0.4 is 5.14 Å². The van der Waals surface area contributed by atoms with Crippen molar-refractivity contribution < 1.29 is 31.5 Å². The topological polar surface area (TPSA) is 95.7 Å². The Morgan fingerprint density at radius 2 is 2.00 bits per heavy atom. The molecule has 0 aliphatic carbocycles. The summed E-state index contributed by atoms with van der Waals surface area (Å²) < 4.78 is 59.1. The number of esters is 1. The smallest absolute Gasteiger partial charge is 0.341 e. The zero-order valence-electron chi connectivity index (χ0n) is 11.4. The number of ether oxygens (including phenoxy) is 2. The Hall–Kier alpha value is -1.58. The van der Waals surface area contributed by atoms with E-state index in [4.69, 9.17) is 14.6 Å². The molecule has 2 N–H and O–H groups in total. The van der Waals surface area contributed by atoms with Crippen LogP contribution >= 0.6 is 0 Å². The van der Waals surface area contributed by atoms with E-state index in [0.29, 0.717) is 18.7 Å². The molecular formula is C12H15F2NO5S. The van der Waals surface area contributed by atoms with E-state index in [1.165, 1.54) is 6.92 Å². The van der Waals surface area contributed by atoms with E-state index >= 15 is 0 Å². The van der Waals surface area contributed by atoms with Crippen LogP contribution in [0.4, 0.5) is 8.78 Å². The molecule has 21 heavy (non-hydrogen) atoms. The van der Waals surface area contributed by atoms with Crippen molar-refractivity contribution >= 4 is 16.0 Å². The lowest BCUT2D eigenvalue weighted by Crippen LogP contribution is -2.22. The van der Waals surface area contributed by atoms with Crippen LogP contribution in [0.3, 0.4) is 0 Å². The average molecular weight is 323 g/mol. The van der Waals surface area contributed by atoms with Crippen molar-refractivity contribution in [3.05, 3.63) is 29.3 Å². The molecule has 0 saturated carbocycles. The predicted octanol–water partition coefficient (Wildman–Crippen LogP) is 1.19. The highest BCUT2D eigenvalue weighted by Crippen LogP contribution is 2.19. The van der Waals surface area contributed by atoms with E-state index in [1.807, 2.05) is 0 Å². The lowest BCUT2D eigenvalue weighted by molar-refractivity contribution is 0.00390. The number of rotatable bonds is 6.